The molecule has 0 radical (unpaired) electrons. The number of benzene rings is 2. The van der Waals surface area contributed by atoms with Gasteiger partial charge in [-0.1, -0.05) is 59.6 Å². The fourth-order valence-corrected chi connectivity index (χ4v) is 6.67. The zero-order valence-corrected chi connectivity index (χ0v) is 27.4. The lowest BCUT2D eigenvalue weighted by atomic mass is 9.82. The number of aliphatic hydroxyl groups is 2. The molecule has 2 aromatic carbocycles. The van der Waals surface area contributed by atoms with E-state index in [4.69, 9.17) is 42.6 Å². The summed E-state index contributed by atoms with van der Waals surface area (Å²) >= 11 is 14.1. The molecule has 2 aliphatic carbocycles. The van der Waals surface area contributed by atoms with Crippen molar-refractivity contribution < 1.29 is 19.7 Å². The van der Waals surface area contributed by atoms with Crippen molar-refractivity contribution in [2.24, 2.45) is 11.8 Å². The van der Waals surface area contributed by atoms with Crippen LogP contribution in [0.4, 0.5) is 0 Å². The maximum Gasteiger partial charge on any atom is 0.237 e. The minimum atomic E-state index is -0.172. The number of ether oxygens (including phenoxy) is 2. The first kappa shape index (κ1) is 32.6. The third kappa shape index (κ3) is 7.12. The second-order valence-corrected chi connectivity index (χ2v) is 12.8. The molecule has 0 bridgehead atoms. The van der Waals surface area contributed by atoms with Crippen molar-refractivity contribution in [3.8, 4) is 45.4 Å². The molecule has 0 atom stereocenters. The normalized spacial score (nSPS) is 20.6. The lowest BCUT2D eigenvalue weighted by molar-refractivity contribution is 0.0426. The van der Waals surface area contributed by atoms with Gasteiger partial charge < -0.3 is 30.3 Å². The van der Waals surface area contributed by atoms with Crippen LogP contribution in [0.1, 0.15) is 37.1 Å². The van der Waals surface area contributed by atoms with Gasteiger partial charge in [0.05, 0.1) is 60.3 Å². The smallest absolute Gasteiger partial charge is 0.237 e. The minimum Gasteiger partial charge on any atom is -0.480 e. The number of methoxy groups -OCH3 is 2. The Morgan fingerprint density at radius 3 is 1.43 bits per heavy atom. The van der Waals surface area contributed by atoms with Gasteiger partial charge in [-0.15, -0.1) is 0 Å². The molecular formula is C34H38Cl2N6O4. The van der Waals surface area contributed by atoms with Gasteiger partial charge in [0.25, 0.3) is 0 Å². The molecule has 0 aliphatic heterocycles. The van der Waals surface area contributed by atoms with Crippen LogP contribution in [-0.2, 0) is 13.1 Å². The van der Waals surface area contributed by atoms with Crippen LogP contribution in [0.3, 0.4) is 0 Å². The molecule has 0 unspecified atom stereocenters. The summed E-state index contributed by atoms with van der Waals surface area (Å²) in [5.41, 5.74) is 5.43. The van der Waals surface area contributed by atoms with E-state index in [1.54, 1.807) is 26.6 Å². The van der Waals surface area contributed by atoms with E-state index in [9.17, 15) is 10.2 Å². The first-order chi connectivity index (χ1) is 22.3. The molecule has 0 amide bonds. The number of halogens is 2. The van der Waals surface area contributed by atoms with Gasteiger partial charge in [0.2, 0.25) is 11.8 Å². The maximum absolute atomic E-state index is 9.52. The zero-order valence-electron chi connectivity index (χ0n) is 25.8. The van der Waals surface area contributed by atoms with Crippen LogP contribution in [0.15, 0.2) is 48.8 Å². The van der Waals surface area contributed by atoms with Crippen LogP contribution in [0, 0.1) is 11.8 Å². The highest BCUT2D eigenvalue weighted by atomic mass is 35.5. The lowest BCUT2D eigenvalue weighted by Gasteiger charge is -2.31. The predicted octanol–water partition coefficient (Wildman–Crippen LogP) is 5.31. The van der Waals surface area contributed by atoms with Gasteiger partial charge in [0.15, 0.2) is 0 Å². The fourth-order valence-electron chi connectivity index (χ4n) is 6.02. The second kappa shape index (κ2) is 14.6. The summed E-state index contributed by atoms with van der Waals surface area (Å²) in [4.78, 5) is 18.7. The second-order valence-electron chi connectivity index (χ2n) is 12.0. The Bertz CT molecular complexity index is 1560. The molecule has 4 N–H and O–H groups in total. The topological polar surface area (TPSA) is 135 Å². The number of hydrogen-bond acceptors (Lipinski definition) is 10. The molecule has 2 aliphatic rings. The zero-order chi connectivity index (χ0) is 32.2. The molecule has 6 rings (SSSR count). The number of hydrogen-bond donors (Lipinski definition) is 4. The van der Waals surface area contributed by atoms with Gasteiger partial charge in [-0.05, 0) is 50.6 Å². The van der Waals surface area contributed by atoms with E-state index >= 15 is 0 Å². The monoisotopic (exact) mass is 664 g/mol. The predicted molar refractivity (Wildman–Crippen MR) is 178 cm³/mol. The first-order valence-corrected chi connectivity index (χ1v) is 16.3. The highest BCUT2D eigenvalue weighted by molar-refractivity contribution is 6.39. The van der Waals surface area contributed by atoms with E-state index in [1.807, 2.05) is 36.4 Å². The Morgan fingerprint density at radius 1 is 0.674 bits per heavy atom. The molecule has 12 heteroatoms. The molecule has 2 fully saturated rings. The minimum absolute atomic E-state index is 0.172. The van der Waals surface area contributed by atoms with Crippen LogP contribution in [-0.4, -0.2) is 69.7 Å². The standard InChI is InChI=1S/C34H38Cl2N6O4/c1-45-33-29(15-37-13-19-9-21(43)10-19)39-17-27(41-33)25-7-3-5-23(31(25)35)24-6-4-8-26(32(24)36)28-18-40-30(34(42-28)46-2)16-38-14-20-11-22(44)12-20/h3-8,17-22,37-38,43-44H,9-16H2,1-2H3/t19-,20?,21+,22?. The van der Waals surface area contributed by atoms with Gasteiger partial charge in [-0.3, -0.25) is 9.97 Å². The number of nitrogens with one attached hydrogen (secondary N) is 2. The lowest BCUT2D eigenvalue weighted by Crippen LogP contribution is -2.36. The first-order valence-electron chi connectivity index (χ1n) is 15.5. The van der Waals surface area contributed by atoms with E-state index in [0.717, 1.165) is 49.9 Å². The summed E-state index contributed by atoms with van der Waals surface area (Å²) in [6, 6.07) is 11.4. The highest BCUT2D eigenvalue weighted by Crippen LogP contribution is 2.42. The summed E-state index contributed by atoms with van der Waals surface area (Å²) in [6.07, 6.45) is 6.37. The van der Waals surface area contributed by atoms with Crippen molar-refractivity contribution in [3.05, 3.63) is 70.2 Å². The number of aliphatic hydroxyl groups excluding tert-OH is 2. The molecular weight excluding hydrogens is 627 g/mol. The van der Waals surface area contributed by atoms with Crippen molar-refractivity contribution in [2.45, 2.75) is 51.0 Å². The Hall–Kier alpha value is -3.38. The third-order valence-electron chi connectivity index (χ3n) is 8.72. The van der Waals surface area contributed by atoms with E-state index < -0.39 is 0 Å². The van der Waals surface area contributed by atoms with Gasteiger partial charge in [-0.2, -0.15) is 0 Å². The third-order valence-corrected chi connectivity index (χ3v) is 9.54. The van der Waals surface area contributed by atoms with Gasteiger partial charge in [0.1, 0.15) is 11.4 Å². The van der Waals surface area contributed by atoms with Gasteiger partial charge in [-0.25, -0.2) is 9.97 Å². The van der Waals surface area contributed by atoms with E-state index in [1.165, 1.54) is 0 Å². The van der Waals surface area contributed by atoms with E-state index in [2.05, 4.69) is 20.6 Å². The average molecular weight is 666 g/mol. The molecule has 2 heterocycles. The van der Waals surface area contributed by atoms with Crippen LogP contribution in [0.25, 0.3) is 33.6 Å². The molecule has 2 aromatic heterocycles. The van der Waals surface area contributed by atoms with Crippen molar-refractivity contribution in [1.29, 1.82) is 0 Å². The van der Waals surface area contributed by atoms with Crippen molar-refractivity contribution in [1.82, 2.24) is 30.6 Å². The van der Waals surface area contributed by atoms with Crippen molar-refractivity contribution in [2.75, 3.05) is 27.3 Å². The van der Waals surface area contributed by atoms with Gasteiger partial charge in [0, 0.05) is 35.3 Å². The van der Waals surface area contributed by atoms with Gasteiger partial charge >= 0.3 is 0 Å². The largest absolute Gasteiger partial charge is 0.480 e. The Morgan fingerprint density at radius 2 is 1.07 bits per heavy atom. The molecule has 242 valence electrons. The fraction of sp³-hybridized carbons (Fsp3) is 0.412. The summed E-state index contributed by atoms with van der Waals surface area (Å²) < 4.78 is 11.2. The molecule has 46 heavy (non-hydrogen) atoms. The van der Waals surface area contributed by atoms with E-state index in [-0.39, 0.29) is 12.2 Å². The van der Waals surface area contributed by atoms with Crippen LogP contribution in [0.5, 0.6) is 11.8 Å². The average Bonchev–Trinajstić information content (AvgIpc) is 3.03. The molecule has 2 saturated carbocycles. The number of aromatic nitrogens is 4. The van der Waals surface area contributed by atoms with Crippen molar-refractivity contribution in [3.63, 3.8) is 0 Å². The summed E-state index contributed by atoms with van der Waals surface area (Å²) in [6.45, 7) is 2.64. The SMILES string of the molecule is COc1nc(-c2cccc(-c3cccc(-c4cnc(CNC[C@H]5C[C@@H](O)C5)c(OC)n4)c3Cl)c2Cl)cnc1CNCC1CC(O)C1. The maximum atomic E-state index is 9.52. The van der Waals surface area contributed by atoms with Crippen LogP contribution in [0.2, 0.25) is 10.0 Å². The number of rotatable bonds is 13. The Balaban J connectivity index is 1.21. The molecule has 0 spiro atoms. The molecule has 0 saturated heterocycles. The van der Waals surface area contributed by atoms with E-state index in [0.29, 0.717) is 80.6 Å². The molecule has 4 aromatic rings. The number of nitrogens with zero attached hydrogens (tertiary/aromatic N) is 4. The molecule has 10 nitrogen and oxygen atoms in total. The Kier molecular flexibility index (Phi) is 10.3. The summed E-state index contributed by atoms with van der Waals surface area (Å²) in [5, 5.41) is 26.8. The van der Waals surface area contributed by atoms with Crippen LogP contribution < -0.4 is 20.1 Å². The summed E-state index contributed by atoms with van der Waals surface area (Å²) in [7, 11) is 3.15. The van der Waals surface area contributed by atoms with Crippen molar-refractivity contribution >= 4 is 23.2 Å². The quantitative estimate of drug-likeness (QED) is 0.149. The summed E-state index contributed by atoms with van der Waals surface area (Å²) in [5.74, 6) is 1.81. The Labute approximate surface area is 278 Å². The highest BCUT2D eigenvalue weighted by Gasteiger charge is 2.27. The van der Waals surface area contributed by atoms with Crippen LogP contribution >= 0.6 is 23.2 Å².